The fraction of sp³-hybridized carbons (Fsp3) is 0.556. The molecule has 36 heavy (non-hydrogen) atoms. The topological polar surface area (TPSA) is 147 Å². The van der Waals surface area contributed by atoms with Gasteiger partial charge in [0.05, 0.1) is 0 Å². The van der Waals surface area contributed by atoms with Gasteiger partial charge in [0.15, 0.2) is 12.3 Å². The van der Waals surface area contributed by atoms with Crippen molar-refractivity contribution in [1.29, 1.82) is 0 Å². The first-order valence-electron chi connectivity index (χ1n) is 12.6. The SMILES string of the molecule is CC(C)c1ccc2c(c1)CCC1C(C)(CNC(=O)COC(=O)c3[nH]c(=O)[nH]c(=O)c3N)CCCC21C. The number of fused-ring (bicyclic) bond motifs is 3. The van der Waals surface area contributed by atoms with Crippen molar-refractivity contribution in [1.82, 2.24) is 15.3 Å². The summed E-state index contributed by atoms with van der Waals surface area (Å²) in [5.41, 5.74) is 7.08. The van der Waals surface area contributed by atoms with Gasteiger partial charge in [0.1, 0.15) is 5.69 Å². The van der Waals surface area contributed by atoms with Gasteiger partial charge in [0.2, 0.25) is 0 Å². The number of nitrogens with two attached hydrogens (primary N) is 1. The quantitative estimate of drug-likeness (QED) is 0.452. The summed E-state index contributed by atoms with van der Waals surface area (Å²) >= 11 is 0. The van der Waals surface area contributed by atoms with Gasteiger partial charge in [-0.3, -0.25) is 19.6 Å². The molecule has 2 aliphatic rings. The minimum atomic E-state index is -1.04. The highest BCUT2D eigenvalue weighted by molar-refractivity contribution is 5.93. The zero-order valence-corrected chi connectivity index (χ0v) is 21.5. The molecule has 4 rings (SSSR count). The maximum absolute atomic E-state index is 12.6. The minimum absolute atomic E-state index is 0.0526. The number of rotatable bonds is 6. The van der Waals surface area contributed by atoms with Crippen molar-refractivity contribution in [3.8, 4) is 0 Å². The normalized spacial score (nSPS) is 25.1. The Bertz CT molecular complexity index is 1300. The molecule has 1 aromatic heterocycles. The van der Waals surface area contributed by atoms with E-state index < -0.39 is 41.1 Å². The Hall–Kier alpha value is -3.36. The fourth-order valence-corrected chi connectivity index (χ4v) is 6.43. The fourth-order valence-electron chi connectivity index (χ4n) is 6.43. The molecule has 0 spiro atoms. The van der Waals surface area contributed by atoms with E-state index in [0.717, 1.165) is 32.1 Å². The van der Waals surface area contributed by atoms with Gasteiger partial charge in [0.25, 0.3) is 11.5 Å². The largest absolute Gasteiger partial charge is 0.451 e. The van der Waals surface area contributed by atoms with E-state index in [1.807, 2.05) is 4.98 Å². The van der Waals surface area contributed by atoms with Crippen molar-refractivity contribution in [3.05, 3.63) is 61.4 Å². The molecule has 2 aliphatic carbocycles. The molecule has 1 fully saturated rings. The third-order valence-electron chi connectivity index (χ3n) is 8.38. The lowest BCUT2D eigenvalue weighted by Gasteiger charge is -2.55. The van der Waals surface area contributed by atoms with Gasteiger partial charge < -0.3 is 15.8 Å². The van der Waals surface area contributed by atoms with Crippen LogP contribution in [0.5, 0.6) is 0 Å². The van der Waals surface area contributed by atoms with Crippen molar-refractivity contribution in [3.63, 3.8) is 0 Å². The number of aryl methyl sites for hydroxylation is 1. The van der Waals surface area contributed by atoms with Crippen molar-refractivity contribution in [2.45, 2.75) is 71.1 Å². The number of aromatic nitrogens is 2. The number of amides is 1. The van der Waals surface area contributed by atoms with E-state index in [-0.39, 0.29) is 10.8 Å². The molecule has 3 atom stereocenters. The van der Waals surface area contributed by atoms with Gasteiger partial charge >= 0.3 is 11.7 Å². The second kappa shape index (κ2) is 9.59. The number of ether oxygens (including phenoxy) is 1. The molecule has 1 amide bonds. The first-order valence-corrected chi connectivity index (χ1v) is 12.6. The molecule has 194 valence electrons. The Balaban J connectivity index is 1.42. The first kappa shape index (κ1) is 25.7. The van der Waals surface area contributed by atoms with Crippen LogP contribution in [0.2, 0.25) is 0 Å². The Morgan fingerprint density at radius 3 is 2.67 bits per heavy atom. The summed E-state index contributed by atoms with van der Waals surface area (Å²) in [6, 6.07) is 6.97. The Morgan fingerprint density at radius 2 is 1.94 bits per heavy atom. The monoisotopic (exact) mass is 496 g/mol. The van der Waals surface area contributed by atoms with Crippen LogP contribution in [-0.2, 0) is 21.4 Å². The highest BCUT2D eigenvalue weighted by Gasteiger charge is 2.51. The van der Waals surface area contributed by atoms with Crippen LogP contribution in [-0.4, -0.2) is 35.0 Å². The van der Waals surface area contributed by atoms with Gasteiger partial charge in [-0.15, -0.1) is 0 Å². The van der Waals surface area contributed by atoms with Gasteiger partial charge in [-0.2, -0.15) is 0 Å². The Morgan fingerprint density at radius 1 is 1.19 bits per heavy atom. The summed E-state index contributed by atoms with van der Waals surface area (Å²) < 4.78 is 5.00. The summed E-state index contributed by atoms with van der Waals surface area (Å²) in [5.74, 6) is -0.562. The average molecular weight is 497 g/mol. The molecule has 9 nitrogen and oxygen atoms in total. The summed E-state index contributed by atoms with van der Waals surface area (Å²) in [6.07, 6.45) is 5.32. The highest BCUT2D eigenvalue weighted by atomic mass is 16.5. The molecule has 0 radical (unpaired) electrons. The Labute approximate surface area is 210 Å². The number of nitrogens with one attached hydrogen (secondary N) is 3. The molecule has 0 aliphatic heterocycles. The van der Waals surface area contributed by atoms with E-state index in [0.29, 0.717) is 18.4 Å². The predicted octanol–water partition coefficient (Wildman–Crippen LogP) is 2.75. The number of esters is 1. The predicted molar refractivity (Wildman–Crippen MR) is 137 cm³/mol. The number of benzene rings is 1. The van der Waals surface area contributed by atoms with Crippen LogP contribution in [0.1, 0.15) is 86.5 Å². The van der Waals surface area contributed by atoms with E-state index in [2.05, 4.69) is 56.2 Å². The zero-order chi connectivity index (χ0) is 26.3. The van der Waals surface area contributed by atoms with Crippen LogP contribution in [0.4, 0.5) is 5.69 Å². The van der Waals surface area contributed by atoms with Gasteiger partial charge in [-0.25, -0.2) is 9.59 Å². The maximum Gasteiger partial charge on any atom is 0.357 e. The lowest BCUT2D eigenvalue weighted by molar-refractivity contribution is -0.125. The molecule has 2 aromatic rings. The molecular weight excluding hydrogens is 460 g/mol. The number of hydrogen-bond acceptors (Lipinski definition) is 6. The number of H-pyrrole nitrogens is 2. The molecule has 0 saturated heterocycles. The standard InChI is InChI=1S/C27H36N4O5/c1-15(2)16-6-8-18-17(12-16)7-9-19-26(3,10-5-11-27(18,19)4)14-29-20(32)13-36-24(34)22-21(28)23(33)31-25(35)30-22/h6,8,12,15,19H,5,7,9-11,13-14,28H2,1-4H3,(H,29,32)(H2,30,31,33,35). The third-order valence-corrected chi connectivity index (χ3v) is 8.38. The van der Waals surface area contributed by atoms with Crippen LogP contribution >= 0.6 is 0 Å². The summed E-state index contributed by atoms with van der Waals surface area (Å²) in [5, 5.41) is 2.95. The van der Waals surface area contributed by atoms with Gasteiger partial charge in [0, 0.05) is 6.54 Å². The molecule has 3 unspecified atom stereocenters. The highest BCUT2D eigenvalue weighted by Crippen LogP contribution is 2.57. The zero-order valence-electron chi connectivity index (χ0n) is 21.5. The van der Waals surface area contributed by atoms with Crippen LogP contribution in [0.25, 0.3) is 0 Å². The van der Waals surface area contributed by atoms with Crippen molar-refractivity contribution in [2.75, 3.05) is 18.9 Å². The molecule has 1 saturated carbocycles. The first-order chi connectivity index (χ1) is 16.9. The van der Waals surface area contributed by atoms with E-state index in [1.54, 1.807) is 0 Å². The number of carbonyl (C=O) groups excluding carboxylic acids is 2. The second-order valence-corrected chi connectivity index (χ2v) is 11.1. The third kappa shape index (κ3) is 4.70. The van der Waals surface area contributed by atoms with E-state index in [4.69, 9.17) is 10.5 Å². The van der Waals surface area contributed by atoms with Crippen molar-refractivity contribution in [2.24, 2.45) is 11.3 Å². The average Bonchev–Trinajstić information content (AvgIpc) is 2.83. The number of hydrogen-bond donors (Lipinski definition) is 4. The number of aromatic amines is 2. The lowest BCUT2D eigenvalue weighted by atomic mass is 9.49. The van der Waals surface area contributed by atoms with Crippen LogP contribution in [0, 0.1) is 11.3 Å². The van der Waals surface area contributed by atoms with Crippen LogP contribution in [0.3, 0.4) is 0 Å². The number of carbonyl (C=O) groups is 2. The molecular formula is C27H36N4O5. The summed E-state index contributed by atoms with van der Waals surface area (Å²) in [6.45, 7) is 9.01. The van der Waals surface area contributed by atoms with E-state index in [1.165, 1.54) is 16.7 Å². The van der Waals surface area contributed by atoms with Crippen molar-refractivity contribution < 1.29 is 14.3 Å². The van der Waals surface area contributed by atoms with Gasteiger partial charge in [-0.05, 0) is 65.0 Å². The molecule has 1 aromatic carbocycles. The van der Waals surface area contributed by atoms with Crippen LogP contribution < -0.4 is 22.3 Å². The smallest absolute Gasteiger partial charge is 0.357 e. The summed E-state index contributed by atoms with van der Waals surface area (Å²) in [4.78, 5) is 51.9. The Kier molecular flexibility index (Phi) is 6.86. The molecule has 5 N–H and O–H groups in total. The molecule has 1 heterocycles. The van der Waals surface area contributed by atoms with Gasteiger partial charge in [-0.1, -0.05) is 52.3 Å². The molecule has 9 heteroatoms. The number of nitrogen functional groups attached to an aromatic ring is 1. The number of anilines is 1. The van der Waals surface area contributed by atoms with E-state index in [9.17, 15) is 19.2 Å². The van der Waals surface area contributed by atoms with E-state index >= 15 is 0 Å². The van der Waals surface area contributed by atoms with Crippen molar-refractivity contribution >= 4 is 17.6 Å². The molecule has 0 bridgehead atoms. The maximum atomic E-state index is 12.6. The summed E-state index contributed by atoms with van der Waals surface area (Å²) in [7, 11) is 0. The van der Waals surface area contributed by atoms with Crippen LogP contribution in [0.15, 0.2) is 27.8 Å². The lowest BCUT2D eigenvalue weighted by Crippen LogP contribution is -2.53. The minimum Gasteiger partial charge on any atom is -0.451 e. The second-order valence-electron chi connectivity index (χ2n) is 11.1.